The molecule has 0 aliphatic rings. The summed E-state index contributed by atoms with van der Waals surface area (Å²) in [6.45, 7) is 3.82. The molecule has 0 saturated heterocycles. The molecule has 5 heteroatoms. The summed E-state index contributed by atoms with van der Waals surface area (Å²) in [7, 11) is -3.86. The maximum absolute atomic E-state index is 12.9. The van der Waals surface area contributed by atoms with Crippen molar-refractivity contribution in [3.63, 3.8) is 0 Å². The zero-order valence-corrected chi connectivity index (χ0v) is 13.1. The zero-order chi connectivity index (χ0) is 16.3. The third-order valence-corrected chi connectivity index (χ3v) is 5.25. The summed E-state index contributed by atoms with van der Waals surface area (Å²) in [4.78, 5) is 0.0544. The summed E-state index contributed by atoms with van der Waals surface area (Å²) in [5.74, 6) is 0.0238. The average Bonchev–Trinajstić information content (AvgIpc) is 2.53. The van der Waals surface area contributed by atoms with Gasteiger partial charge in [-0.15, -0.1) is 0 Å². The summed E-state index contributed by atoms with van der Waals surface area (Å²) in [6.07, 6.45) is 0. The quantitative estimate of drug-likeness (QED) is 0.870. The predicted molar refractivity (Wildman–Crippen MR) is 81.9 cm³/mol. The second-order valence-electron chi connectivity index (χ2n) is 5.10. The molecule has 0 fully saturated rings. The topological polar surface area (TPSA) is 81.7 Å². The highest BCUT2D eigenvalue weighted by molar-refractivity contribution is 7.91. The first-order valence-corrected chi connectivity index (χ1v) is 8.19. The molecule has 0 saturated carbocycles. The molecule has 0 aliphatic heterocycles. The van der Waals surface area contributed by atoms with Crippen LogP contribution >= 0.6 is 0 Å². The molecule has 0 N–H and O–H groups in total. The Morgan fingerprint density at radius 1 is 0.909 bits per heavy atom. The lowest BCUT2D eigenvalue weighted by Crippen LogP contribution is -2.09. The lowest BCUT2D eigenvalue weighted by molar-refractivity contribution is 0.593. The summed E-state index contributed by atoms with van der Waals surface area (Å²) in [5, 5.41) is 18.3. The molecular weight excluding hydrogens is 296 g/mol. The predicted octanol–water partition coefficient (Wildman–Crippen LogP) is 3.39. The third kappa shape index (κ3) is 2.59. The van der Waals surface area contributed by atoms with Gasteiger partial charge < -0.3 is 0 Å². The summed E-state index contributed by atoms with van der Waals surface area (Å²) >= 11 is 0. The molecular formula is C17H14N2O2S. The Morgan fingerprint density at radius 3 is 2.14 bits per heavy atom. The van der Waals surface area contributed by atoms with Crippen molar-refractivity contribution in [2.75, 3.05) is 0 Å². The first kappa shape index (κ1) is 15.8. The molecule has 0 spiro atoms. The Labute approximate surface area is 130 Å². The molecule has 22 heavy (non-hydrogen) atoms. The number of nitrogens with zero attached hydrogens (tertiary/aromatic N) is 2. The van der Waals surface area contributed by atoms with Crippen LogP contribution in [0.5, 0.6) is 0 Å². The molecule has 110 valence electrons. The van der Waals surface area contributed by atoms with Gasteiger partial charge >= 0.3 is 0 Å². The van der Waals surface area contributed by atoms with Gasteiger partial charge in [0.15, 0.2) is 0 Å². The molecule has 0 aliphatic carbocycles. The van der Waals surface area contributed by atoms with Crippen LogP contribution in [-0.2, 0) is 9.84 Å². The number of nitriles is 2. The molecule has 4 nitrogen and oxygen atoms in total. The van der Waals surface area contributed by atoms with E-state index in [1.54, 1.807) is 18.2 Å². The van der Waals surface area contributed by atoms with Gasteiger partial charge in [0.05, 0.1) is 20.9 Å². The molecule has 2 aromatic rings. The van der Waals surface area contributed by atoms with Gasteiger partial charge in [0, 0.05) is 0 Å². The normalized spacial score (nSPS) is 11.0. The van der Waals surface area contributed by atoms with Crippen LogP contribution in [-0.4, -0.2) is 8.42 Å². The minimum atomic E-state index is -3.86. The van der Waals surface area contributed by atoms with E-state index in [2.05, 4.69) is 0 Å². The maximum atomic E-state index is 12.9. The van der Waals surface area contributed by atoms with Crippen LogP contribution in [0.2, 0.25) is 0 Å². The highest BCUT2D eigenvalue weighted by atomic mass is 32.2. The van der Waals surface area contributed by atoms with Gasteiger partial charge in [-0.25, -0.2) is 8.42 Å². The number of hydrogen-bond acceptors (Lipinski definition) is 4. The monoisotopic (exact) mass is 310 g/mol. The highest BCUT2D eigenvalue weighted by Crippen LogP contribution is 2.31. The number of sulfone groups is 1. The van der Waals surface area contributed by atoms with Crippen molar-refractivity contribution < 1.29 is 8.42 Å². The largest absolute Gasteiger partial charge is 0.218 e. The van der Waals surface area contributed by atoms with Crippen LogP contribution in [0.3, 0.4) is 0 Å². The molecule has 0 bridgehead atoms. The molecule has 0 radical (unpaired) electrons. The van der Waals surface area contributed by atoms with Crippen LogP contribution in [0.4, 0.5) is 0 Å². The van der Waals surface area contributed by atoms with Crippen molar-refractivity contribution in [1.82, 2.24) is 0 Å². The second-order valence-corrected chi connectivity index (χ2v) is 6.98. The van der Waals surface area contributed by atoms with E-state index >= 15 is 0 Å². The first-order chi connectivity index (χ1) is 10.4. The Balaban J connectivity index is 2.79. The van der Waals surface area contributed by atoms with Gasteiger partial charge in [-0.3, -0.25) is 0 Å². The van der Waals surface area contributed by atoms with Gasteiger partial charge in [0.2, 0.25) is 9.84 Å². The van der Waals surface area contributed by atoms with E-state index in [1.807, 2.05) is 26.0 Å². The molecule has 0 aromatic heterocycles. The Morgan fingerprint density at radius 2 is 1.55 bits per heavy atom. The van der Waals surface area contributed by atoms with Crippen molar-refractivity contribution >= 4 is 9.84 Å². The van der Waals surface area contributed by atoms with E-state index in [1.165, 1.54) is 24.3 Å². The van der Waals surface area contributed by atoms with Crippen LogP contribution in [0.1, 0.15) is 36.5 Å². The zero-order valence-electron chi connectivity index (χ0n) is 12.2. The minimum absolute atomic E-state index is 0.0238. The molecule has 0 heterocycles. The fraction of sp³-hybridized carbons (Fsp3) is 0.176. The van der Waals surface area contributed by atoms with Gasteiger partial charge in [0.25, 0.3) is 0 Å². The fourth-order valence-electron chi connectivity index (χ4n) is 2.28. The Bertz CT molecular complexity index is 901. The van der Waals surface area contributed by atoms with Gasteiger partial charge in [0.1, 0.15) is 12.1 Å². The number of benzene rings is 2. The molecule has 2 rings (SSSR count). The standard InChI is InChI=1S/C17H14N2O2S/c1-12(2)14-7-3-4-8-16(14)22(20,21)17-9-5-6-13(10-18)15(17)11-19/h3-9,12H,1-2H3. The SMILES string of the molecule is CC(C)c1ccccc1S(=O)(=O)c1cccc(C#N)c1C#N. The second kappa shape index (κ2) is 6.01. The van der Waals surface area contributed by atoms with Crippen LogP contribution in [0, 0.1) is 22.7 Å². The lowest BCUT2D eigenvalue weighted by atomic mass is 10.0. The van der Waals surface area contributed by atoms with Crippen LogP contribution in [0.25, 0.3) is 0 Å². The van der Waals surface area contributed by atoms with Gasteiger partial charge in [-0.2, -0.15) is 10.5 Å². The van der Waals surface area contributed by atoms with Crippen molar-refractivity contribution in [1.29, 1.82) is 10.5 Å². The summed E-state index contributed by atoms with van der Waals surface area (Å²) in [6, 6.07) is 14.7. The van der Waals surface area contributed by atoms with E-state index in [-0.39, 0.29) is 26.8 Å². The van der Waals surface area contributed by atoms with E-state index < -0.39 is 9.84 Å². The van der Waals surface area contributed by atoms with E-state index in [0.717, 1.165) is 0 Å². The van der Waals surface area contributed by atoms with E-state index in [9.17, 15) is 13.7 Å². The van der Waals surface area contributed by atoms with Crippen molar-refractivity contribution in [2.45, 2.75) is 29.6 Å². The molecule has 2 aromatic carbocycles. The van der Waals surface area contributed by atoms with Crippen molar-refractivity contribution in [3.8, 4) is 12.1 Å². The molecule has 0 atom stereocenters. The van der Waals surface area contributed by atoms with E-state index in [0.29, 0.717) is 5.56 Å². The molecule has 0 unspecified atom stereocenters. The summed E-state index contributed by atoms with van der Waals surface area (Å²) < 4.78 is 25.9. The molecule has 0 amide bonds. The van der Waals surface area contributed by atoms with E-state index in [4.69, 9.17) is 5.26 Å². The smallest absolute Gasteiger partial charge is 0.208 e. The van der Waals surface area contributed by atoms with Crippen LogP contribution < -0.4 is 0 Å². The Kier molecular flexibility index (Phi) is 4.30. The van der Waals surface area contributed by atoms with Crippen molar-refractivity contribution in [3.05, 3.63) is 59.2 Å². The fourth-order valence-corrected chi connectivity index (χ4v) is 4.07. The van der Waals surface area contributed by atoms with Crippen LogP contribution in [0.15, 0.2) is 52.3 Å². The lowest BCUT2D eigenvalue weighted by Gasteiger charge is -2.14. The van der Waals surface area contributed by atoms with Gasteiger partial charge in [-0.1, -0.05) is 38.1 Å². The van der Waals surface area contributed by atoms with Gasteiger partial charge in [-0.05, 0) is 29.7 Å². The summed E-state index contributed by atoms with van der Waals surface area (Å²) in [5.41, 5.74) is 0.642. The Hall–Kier alpha value is -2.63. The minimum Gasteiger partial charge on any atom is -0.218 e. The average molecular weight is 310 g/mol. The third-order valence-electron chi connectivity index (χ3n) is 3.38. The first-order valence-electron chi connectivity index (χ1n) is 6.70. The van der Waals surface area contributed by atoms with Crippen molar-refractivity contribution in [2.24, 2.45) is 0 Å². The number of hydrogen-bond donors (Lipinski definition) is 0. The number of rotatable bonds is 3. The highest BCUT2D eigenvalue weighted by Gasteiger charge is 2.26. The maximum Gasteiger partial charge on any atom is 0.208 e.